The van der Waals surface area contributed by atoms with Crippen molar-refractivity contribution in [2.75, 3.05) is 0 Å². The maximum atomic E-state index is 12.4. The molecule has 0 aliphatic heterocycles. The zero-order valence-electron chi connectivity index (χ0n) is 10.9. The van der Waals surface area contributed by atoms with Crippen molar-refractivity contribution < 1.29 is 17.7 Å². The highest BCUT2D eigenvalue weighted by molar-refractivity contribution is 9.10. The molecule has 0 fully saturated rings. The van der Waals surface area contributed by atoms with Crippen molar-refractivity contribution in [3.05, 3.63) is 52.8 Å². The van der Waals surface area contributed by atoms with E-state index in [0.717, 1.165) is 5.56 Å². The molecule has 0 unspecified atom stereocenters. The van der Waals surface area contributed by atoms with Crippen LogP contribution in [0.1, 0.15) is 11.5 Å². The molecule has 0 amide bonds. The average Bonchev–Trinajstić information content (AvgIpc) is 3.09. The van der Waals surface area contributed by atoms with Gasteiger partial charge in [-0.2, -0.15) is 18.2 Å². The van der Waals surface area contributed by atoms with E-state index in [1.807, 2.05) is 10.8 Å². The van der Waals surface area contributed by atoms with Gasteiger partial charge in [0.25, 0.3) is 0 Å². The van der Waals surface area contributed by atoms with Gasteiger partial charge in [0.2, 0.25) is 5.82 Å². The monoisotopic (exact) mass is 372 g/mol. The summed E-state index contributed by atoms with van der Waals surface area (Å²) in [5.41, 5.74) is 1.41. The van der Waals surface area contributed by atoms with Gasteiger partial charge in [-0.25, -0.2) is 4.98 Å². The highest BCUT2D eigenvalue weighted by Crippen LogP contribution is 2.29. The fourth-order valence-electron chi connectivity index (χ4n) is 1.84. The van der Waals surface area contributed by atoms with Crippen LogP contribution < -0.4 is 0 Å². The van der Waals surface area contributed by atoms with Crippen molar-refractivity contribution in [1.82, 2.24) is 19.7 Å². The van der Waals surface area contributed by atoms with Gasteiger partial charge in [-0.1, -0.05) is 29.4 Å². The van der Waals surface area contributed by atoms with Crippen molar-refractivity contribution in [2.45, 2.75) is 12.7 Å². The number of imidazole rings is 1. The van der Waals surface area contributed by atoms with E-state index in [2.05, 4.69) is 35.6 Å². The molecular formula is C13H8BrF3N4O. The molecule has 1 aromatic carbocycles. The summed E-state index contributed by atoms with van der Waals surface area (Å²) in [6.45, 7) is 0.584. The number of hydrogen-bond donors (Lipinski definition) is 0. The summed E-state index contributed by atoms with van der Waals surface area (Å²) in [5, 5.41) is 3.34. The fourth-order valence-corrected chi connectivity index (χ4v) is 2.20. The van der Waals surface area contributed by atoms with E-state index in [1.54, 1.807) is 30.5 Å². The Labute approximate surface area is 130 Å². The predicted octanol–water partition coefficient (Wildman–Crippen LogP) is 3.76. The van der Waals surface area contributed by atoms with Crippen LogP contribution >= 0.6 is 15.9 Å². The summed E-state index contributed by atoms with van der Waals surface area (Å²) in [6.07, 6.45) is -1.16. The van der Waals surface area contributed by atoms with E-state index in [-0.39, 0.29) is 5.82 Å². The van der Waals surface area contributed by atoms with Gasteiger partial charge in [0.15, 0.2) is 4.73 Å². The number of aromatic nitrogens is 4. The lowest BCUT2D eigenvalue weighted by Gasteiger charge is -2.04. The van der Waals surface area contributed by atoms with E-state index >= 15 is 0 Å². The zero-order valence-corrected chi connectivity index (χ0v) is 12.5. The molecule has 0 aliphatic carbocycles. The molecule has 5 nitrogen and oxygen atoms in total. The third-order valence-electron chi connectivity index (χ3n) is 2.90. The van der Waals surface area contributed by atoms with Crippen molar-refractivity contribution in [3.63, 3.8) is 0 Å². The Kier molecular flexibility index (Phi) is 3.73. The normalized spacial score (nSPS) is 11.8. The summed E-state index contributed by atoms with van der Waals surface area (Å²) >= 11 is 3.31. The Bertz CT molecular complexity index is 779. The lowest BCUT2D eigenvalue weighted by Crippen LogP contribution is -2.04. The number of halogens is 4. The van der Waals surface area contributed by atoms with Crippen molar-refractivity contribution in [1.29, 1.82) is 0 Å². The SMILES string of the molecule is FC(F)(F)c1nc(-c2ccc(Cn3ccnc3Br)cc2)no1. The number of hydrogen-bond acceptors (Lipinski definition) is 4. The van der Waals surface area contributed by atoms with Crippen LogP contribution in [-0.2, 0) is 12.7 Å². The third kappa shape index (κ3) is 3.03. The first kappa shape index (κ1) is 14.8. The smallest absolute Gasteiger partial charge is 0.329 e. The first-order valence-corrected chi connectivity index (χ1v) is 6.89. The minimum absolute atomic E-state index is 0.0947. The fraction of sp³-hybridized carbons (Fsp3) is 0.154. The Morgan fingerprint density at radius 2 is 1.91 bits per heavy atom. The van der Waals surface area contributed by atoms with Gasteiger partial charge in [0.1, 0.15) is 0 Å². The lowest BCUT2D eigenvalue weighted by molar-refractivity contribution is -0.159. The quantitative estimate of drug-likeness (QED) is 0.702. The molecule has 2 heterocycles. The molecule has 2 aromatic heterocycles. The van der Waals surface area contributed by atoms with Gasteiger partial charge in [-0.05, 0) is 21.5 Å². The van der Waals surface area contributed by atoms with Gasteiger partial charge < -0.3 is 9.09 Å². The summed E-state index contributed by atoms with van der Waals surface area (Å²) < 4.78 is 44.1. The molecule has 3 aromatic rings. The minimum Gasteiger partial charge on any atom is -0.329 e. The van der Waals surface area contributed by atoms with Crippen LogP contribution in [0, 0.1) is 0 Å². The molecule has 0 bridgehead atoms. The molecule has 0 atom stereocenters. The molecule has 3 rings (SSSR count). The van der Waals surface area contributed by atoms with Crippen molar-refractivity contribution >= 4 is 15.9 Å². The van der Waals surface area contributed by atoms with E-state index in [1.165, 1.54) is 0 Å². The largest absolute Gasteiger partial charge is 0.471 e. The highest BCUT2D eigenvalue weighted by Gasteiger charge is 2.38. The van der Waals surface area contributed by atoms with E-state index < -0.39 is 12.1 Å². The number of rotatable bonds is 3. The van der Waals surface area contributed by atoms with Gasteiger partial charge in [0, 0.05) is 24.5 Å². The molecule has 0 aliphatic rings. The van der Waals surface area contributed by atoms with Crippen molar-refractivity contribution in [3.8, 4) is 11.4 Å². The third-order valence-corrected chi connectivity index (χ3v) is 3.56. The standard InChI is InChI=1S/C13H8BrF3N4O/c14-12-18-5-6-21(12)7-8-1-3-9(4-2-8)10-19-11(22-20-10)13(15,16)17/h1-6H,7H2. The summed E-state index contributed by atoms with van der Waals surface area (Å²) in [7, 11) is 0. The summed E-state index contributed by atoms with van der Waals surface area (Å²) in [5.74, 6) is -1.45. The second kappa shape index (κ2) is 5.56. The average molecular weight is 373 g/mol. The molecule has 9 heteroatoms. The van der Waals surface area contributed by atoms with E-state index in [9.17, 15) is 13.2 Å². The van der Waals surface area contributed by atoms with Crippen LogP contribution in [0.25, 0.3) is 11.4 Å². The maximum absolute atomic E-state index is 12.4. The Morgan fingerprint density at radius 1 is 1.18 bits per heavy atom. The Balaban J connectivity index is 1.79. The lowest BCUT2D eigenvalue weighted by atomic mass is 10.1. The van der Waals surface area contributed by atoms with Crippen LogP contribution in [-0.4, -0.2) is 19.7 Å². The van der Waals surface area contributed by atoms with Crippen molar-refractivity contribution in [2.24, 2.45) is 0 Å². The van der Waals surface area contributed by atoms with Gasteiger partial charge in [-0.15, -0.1) is 0 Å². The molecular weight excluding hydrogens is 365 g/mol. The van der Waals surface area contributed by atoms with Gasteiger partial charge in [-0.3, -0.25) is 0 Å². The Hall–Kier alpha value is -2.16. The molecule has 114 valence electrons. The topological polar surface area (TPSA) is 56.7 Å². The second-order valence-corrected chi connectivity index (χ2v) is 5.15. The van der Waals surface area contributed by atoms with Gasteiger partial charge >= 0.3 is 12.1 Å². The molecule has 0 saturated carbocycles. The minimum atomic E-state index is -4.64. The first-order valence-electron chi connectivity index (χ1n) is 6.10. The van der Waals surface area contributed by atoms with Crippen LogP contribution in [0.5, 0.6) is 0 Å². The second-order valence-electron chi connectivity index (χ2n) is 4.44. The molecule has 0 saturated heterocycles. The van der Waals surface area contributed by atoms with E-state index in [4.69, 9.17) is 0 Å². The van der Waals surface area contributed by atoms with Crippen LogP contribution in [0.15, 0.2) is 45.9 Å². The number of nitrogens with zero attached hydrogens (tertiary/aromatic N) is 4. The zero-order chi connectivity index (χ0) is 15.7. The number of benzene rings is 1. The molecule has 0 spiro atoms. The van der Waals surface area contributed by atoms with E-state index in [0.29, 0.717) is 16.8 Å². The van der Waals surface area contributed by atoms with Crippen LogP contribution in [0.4, 0.5) is 13.2 Å². The maximum Gasteiger partial charge on any atom is 0.471 e. The van der Waals surface area contributed by atoms with Crippen LogP contribution in [0.2, 0.25) is 0 Å². The Morgan fingerprint density at radius 3 is 2.45 bits per heavy atom. The highest BCUT2D eigenvalue weighted by atomic mass is 79.9. The number of alkyl halides is 3. The first-order chi connectivity index (χ1) is 10.4. The van der Waals surface area contributed by atoms with Gasteiger partial charge in [0.05, 0.1) is 0 Å². The molecule has 0 N–H and O–H groups in total. The molecule has 0 radical (unpaired) electrons. The predicted molar refractivity (Wildman–Crippen MR) is 73.8 cm³/mol. The van der Waals surface area contributed by atoms with Crippen LogP contribution in [0.3, 0.4) is 0 Å². The summed E-state index contributed by atoms with van der Waals surface area (Å²) in [4.78, 5) is 7.39. The molecule has 22 heavy (non-hydrogen) atoms. The summed E-state index contributed by atoms with van der Waals surface area (Å²) in [6, 6.07) is 6.85.